The van der Waals surface area contributed by atoms with Crippen LogP contribution in [0.2, 0.25) is 0 Å². The SMILES string of the molecule is CCCCCCCC/C=C\CCCCCCCCC(O)C(=O)NC(CO)C(O)C(O)CCCCCCCCCCCCCCCCCCCCCCCCCC. The summed E-state index contributed by atoms with van der Waals surface area (Å²) in [5.74, 6) is -0.585. The molecule has 0 aliphatic rings. The van der Waals surface area contributed by atoms with E-state index in [1.807, 2.05) is 0 Å². The Hall–Kier alpha value is -0.950. The van der Waals surface area contributed by atoms with Crippen LogP contribution in [0.4, 0.5) is 0 Å². The molecule has 6 heteroatoms. The van der Waals surface area contributed by atoms with Crippen LogP contribution in [0.5, 0.6) is 0 Å². The highest BCUT2D eigenvalue weighted by atomic mass is 16.3. The first-order valence-corrected chi connectivity index (χ1v) is 25.1. The molecular formula is C50H99NO5. The first-order valence-electron chi connectivity index (χ1n) is 25.1. The minimum Gasteiger partial charge on any atom is -0.394 e. The van der Waals surface area contributed by atoms with Crippen molar-refractivity contribution in [1.82, 2.24) is 5.32 Å². The summed E-state index contributed by atoms with van der Waals surface area (Å²) in [6, 6.07) is -0.985. The number of carbonyl (C=O) groups excluding carboxylic acids is 1. The first kappa shape index (κ1) is 55.0. The number of aliphatic hydroxyl groups is 4. The fourth-order valence-corrected chi connectivity index (χ4v) is 7.99. The van der Waals surface area contributed by atoms with E-state index >= 15 is 0 Å². The van der Waals surface area contributed by atoms with Gasteiger partial charge in [-0.1, -0.05) is 244 Å². The van der Waals surface area contributed by atoms with Crippen LogP contribution in [-0.4, -0.2) is 57.3 Å². The zero-order valence-electron chi connectivity index (χ0n) is 37.7. The van der Waals surface area contributed by atoms with Gasteiger partial charge in [0.05, 0.1) is 18.8 Å². The number of amides is 1. The van der Waals surface area contributed by atoms with Gasteiger partial charge in [0, 0.05) is 0 Å². The molecule has 0 saturated carbocycles. The number of carbonyl (C=O) groups is 1. The third kappa shape index (κ3) is 38.6. The van der Waals surface area contributed by atoms with Gasteiger partial charge in [-0.25, -0.2) is 0 Å². The van der Waals surface area contributed by atoms with Gasteiger partial charge in [0.1, 0.15) is 12.2 Å². The molecule has 0 fully saturated rings. The third-order valence-corrected chi connectivity index (χ3v) is 12.0. The first-order chi connectivity index (χ1) is 27.5. The lowest BCUT2D eigenvalue weighted by Crippen LogP contribution is -2.53. The monoisotopic (exact) mass is 794 g/mol. The van der Waals surface area contributed by atoms with Crippen molar-refractivity contribution in [3.8, 4) is 0 Å². The average Bonchev–Trinajstić information content (AvgIpc) is 3.20. The van der Waals surface area contributed by atoms with Gasteiger partial charge in [0.25, 0.3) is 0 Å². The molecule has 0 spiro atoms. The summed E-state index contributed by atoms with van der Waals surface area (Å²) >= 11 is 0. The lowest BCUT2D eigenvalue weighted by molar-refractivity contribution is -0.132. The summed E-state index contributed by atoms with van der Waals surface area (Å²) in [6.07, 6.45) is 51.1. The molecule has 0 saturated heterocycles. The molecule has 0 aromatic carbocycles. The van der Waals surface area contributed by atoms with Crippen LogP contribution in [0.3, 0.4) is 0 Å². The molecule has 334 valence electrons. The number of aliphatic hydroxyl groups excluding tert-OH is 4. The predicted molar refractivity (Wildman–Crippen MR) is 242 cm³/mol. The Bertz CT molecular complexity index is 806. The van der Waals surface area contributed by atoms with Crippen LogP contribution < -0.4 is 5.32 Å². The Labute approximate surface area is 349 Å². The number of allylic oxidation sites excluding steroid dienone is 2. The Morgan fingerprint density at radius 1 is 0.429 bits per heavy atom. The Morgan fingerprint density at radius 3 is 1.04 bits per heavy atom. The molecule has 56 heavy (non-hydrogen) atoms. The minimum absolute atomic E-state index is 0.364. The molecular weight excluding hydrogens is 695 g/mol. The van der Waals surface area contributed by atoms with Crippen molar-refractivity contribution in [1.29, 1.82) is 0 Å². The smallest absolute Gasteiger partial charge is 0.249 e. The van der Waals surface area contributed by atoms with Crippen molar-refractivity contribution < 1.29 is 25.2 Å². The highest BCUT2D eigenvalue weighted by Gasteiger charge is 2.28. The van der Waals surface area contributed by atoms with E-state index in [9.17, 15) is 25.2 Å². The van der Waals surface area contributed by atoms with Crippen molar-refractivity contribution in [2.75, 3.05) is 6.61 Å². The highest BCUT2D eigenvalue weighted by molar-refractivity contribution is 5.80. The number of rotatable bonds is 46. The summed E-state index contributed by atoms with van der Waals surface area (Å²) in [5.41, 5.74) is 0. The van der Waals surface area contributed by atoms with Crippen LogP contribution in [-0.2, 0) is 4.79 Å². The maximum atomic E-state index is 12.5. The van der Waals surface area contributed by atoms with E-state index in [2.05, 4.69) is 31.3 Å². The zero-order valence-corrected chi connectivity index (χ0v) is 37.7. The van der Waals surface area contributed by atoms with E-state index in [4.69, 9.17) is 0 Å². The van der Waals surface area contributed by atoms with Crippen LogP contribution in [0.25, 0.3) is 0 Å². The van der Waals surface area contributed by atoms with Crippen molar-refractivity contribution in [2.24, 2.45) is 0 Å². The number of hydrogen-bond donors (Lipinski definition) is 5. The van der Waals surface area contributed by atoms with Gasteiger partial charge in [-0.3, -0.25) is 4.79 Å². The summed E-state index contributed by atoms with van der Waals surface area (Å²) < 4.78 is 0. The molecule has 0 rings (SSSR count). The van der Waals surface area contributed by atoms with E-state index in [1.165, 1.54) is 199 Å². The van der Waals surface area contributed by atoms with Crippen LogP contribution in [0, 0.1) is 0 Å². The van der Waals surface area contributed by atoms with Gasteiger partial charge >= 0.3 is 0 Å². The Kier molecular flexibility index (Phi) is 44.4. The Morgan fingerprint density at radius 2 is 0.714 bits per heavy atom. The quantitative estimate of drug-likeness (QED) is 0.0311. The lowest BCUT2D eigenvalue weighted by atomic mass is 9.99. The maximum absolute atomic E-state index is 12.5. The number of hydrogen-bond acceptors (Lipinski definition) is 5. The zero-order chi connectivity index (χ0) is 41.0. The van der Waals surface area contributed by atoms with Crippen LogP contribution in [0.1, 0.15) is 271 Å². The van der Waals surface area contributed by atoms with Crippen LogP contribution >= 0.6 is 0 Å². The van der Waals surface area contributed by atoms with Gasteiger partial charge in [-0.2, -0.15) is 0 Å². The van der Waals surface area contributed by atoms with Gasteiger partial charge in [-0.15, -0.1) is 0 Å². The summed E-state index contributed by atoms with van der Waals surface area (Å²) in [4.78, 5) is 12.5. The van der Waals surface area contributed by atoms with E-state index in [1.54, 1.807) is 0 Å². The molecule has 0 aromatic heterocycles. The van der Waals surface area contributed by atoms with Gasteiger partial charge in [-0.05, 0) is 38.5 Å². The molecule has 6 nitrogen and oxygen atoms in total. The molecule has 4 atom stereocenters. The van der Waals surface area contributed by atoms with E-state index < -0.39 is 36.9 Å². The van der Waals surface area contributed by atoms with Crippen molar-refractivity contribution in [3.63, 3.8) is 0 Å². The summed E-state index contributed by atoms with van der Waals surface area (Å²) in [5, 5.41) is 43.8. The summed E-state index contributed by atoms with van der Waals surface area (Å²) in [6.45, 7) is 4.07. The predicted octanol–water partition coefficient (Wildman–Crippen LogP) is 13.7. The minimum atomic E-state index is -1.26. The van der Waals surface area contributed by atoms with Gasteiger partial charge in [0.15, 0.2) is 0 Å². The average molecular weight is 794 g/mol. The van der Waals surface area contributed by atoms with Gasteiger partial charge in [0.2, 0.25) is 5.91 Å². The second-order valence-corrected chi connectivity index (χ2v) is 17.5. The molecule has 5 N–H and O–H groups in total. The fraction of sp³-hybridized carbons (Fsp3) is 0.940. The molecule has 0 heterocycles. The maximum Gasteiger partial charge on any atom is 0.249 e. The topological polar surface area (TPSA) is 110 Å². The van der Waals surface area contributed by atoms with E-state index in [0.29, 0.717) is 12.8 Å². The third-order valence-electron chi connectivity index (χ3n) is 12.0. The molecule has 4 unspecified atom stereocenters. The highest BCUT2D eigenvalue weighted by Crippen LogP contribution is 2.17. The standard InChI is InChI=1S/C50H99NO5/c1-3-5-7-9-11-13-15-17-19-21-22-23-24-25-26-27-28-30-31-33-35-37-39-41-43-47(53)49(55)46(45-52)51-50(56)48(54)44-42-40-38-36-34-32-29-20-18-16-14-12-10-8-6-4-2/h18,20,46-49,52-55H,3-17,19,21-45H2,1-2H3,(H,51,56)/b20-18-. The molecule has 0 aliphatic heterocycles. The second-order valence-electron chi connectivity index (χ2n) is 17.5. The van der Waals surface area contributed by atoms with Crippen molar-refractivity contribution in [3.05, 3.63) is 12.2 Å². The van der Waals surface area contributed by atoms with E-state index in [-0.39, 0.29) is 0 Å². The fourth-order valence-electron chi connectivity index (χ4n) is 7.99. The van der Waals surface area contributed by atoms with Crippen molar-refractivity contribution in [2.45, 2.75) is 295 Å². The second kappa shape index (κ2) is 45.1. The number of nitrogens with one attached hydrogen (secondary N) is 1. The lowest BCUT2D eigenvalue weighted by Gasteiger charge is -2.27. The molecule has 0 aromatic rings. The molecule has 0 radical (unpaired) electrons. The molecule has 0 aliphatic carbocycles. The number of unbranched alkanes of at least 4 members (excludes halogenated alkanes) is 35. The summed E-state index contributed by atoms with van der Waals surface area (Å²) in [7, 11) is 0. The van der Waals surface area contributed by atoms with Crippen LogP contribution in [0.15, 0.2) is 12.2 Å². The van der Waals surface area contributed by atoms with Gasteiger partial charge < -0.3 is 25.7 Å². The molecule has 0 bridgehead atoms. The largest absolute Gasteiger partial charge is 0.394 e. The Balaban J connectivity index is 3.64. The van der Waals surface area contributed by atoms with E-state index in [0.717, 1.165) is 44.9 Å². The van der Waals surface area contributed by atoms with Crippen molar-refractivity contribution >= 4 is 5.91 Å². The normalized spacial score (nSPS) is 14.0. The molecule has 1 amide bonds.